The highest BCUT2D eigenvalue weighted by atomic mass is 16.5. The third-order valence-corrected chi connectivity index (χ3v) is 4.95. The summed E-state index contributed by atoms with van der Waals surface area (Å²) in [5.41, 5.74) is 10.6. The molecule has 1 aliphatic heterocycles. The first-order chi connectivity index (χ1) is 12.9. The molecule has 0 bridgehead atoms. The molecule has 1 saturated heterocycles. The summed E-state index contributed by atoms with van der Waals surface area (Å²) < 4.78 is 5.80. The van der Waals surface area contributed by atoms with E-state index in [1.807, 2.05) is 68.4 Å². The van der Waals surface area contributed by atoms with Crippen molar-refractivity contribution in [1.29, 1.82) is 0 Å². The van der Waals surface area contributed by atoms with Gasteiger partial charge in [0.1, 0.15) is 0 Å². The maximum Gasteiger partial charge on any atom is 0.254 e. The summed E-state index contributed by atoms with van der Waals surface area (Å²) >= 11 is 0. The summed E-state index contributed by atoms with van der Waals surface area (Å²) in [5, 5.41) is 0. The standard InChI is InChI=1S/C22H29N3O2/c1-16-6-4-7-17(12-16)22(26)25(15-20-8-5-11-27-20)14-18-13-19(23)9-10-21(18)24(2)3/h4,6-7,9-10,12-13,20H,5,8,11,14-15,23H2,1-3H3/t20-/m1/s1. The number of hydrogen-bond donors (Lipinski definition) is 1. The smallest absolute Gasteiger partial charge is 0.254 e. The maximum atomic E-state index is 13.3. The molecule has 3 rings (SSSR count). The number of rotatable bonds is 6. The number of carbonyl (C=O) groups is 1. The predicted molar refractivity (Wildman–Crippen MR) is 110 cm³/mol. The topological polar surface area (TPSA) is 58.8 Å². The van der Waals surface area contributed by atoms with Gasteiger partial charge in [-0.3, -0.25) is 4.79 Å². The van der Waals surface area contributed by atoms with Crippen LogP contribution in [0, 0.1) is 6.92 Å². The number of anilines is 2. The van der Waals surface area contributed by atoms with Crippen LogP contribution < -0.4 is 10.6 Å². The molecule has 5 heteroatoms. The molecule has 0 saturated carbocycles. The number of ether oxygens (including phenoxy) is 1. The Labute approximate surface area is 161 Å². The van der Waals surface area contributed by atoms with Gasteiger partial charge in [0.2, 0.25) is 0 Å². The van der Waals surface area contributed by atoms with Gasteiger partial charge in [0.25, 0.3) is 5.91 Å². The average molecular weight is 367 g/mol. The van der Waals surface area contributed by atoms with Crippen molar-refractivity contribution in [2.24, 2.45) is 0 Å². The van der Waals surface area contributed by atoms with Crippen molar-refractivity contribution in [2.75, 3.05) is 37.9 Å². The van der Waals surface area contributed by atoms with Gasteiger partial charge in [-0.15, -0.1) is 0 Å². The molecule has 1 amide bonds. The number of nitrogen functional groups attached to an aromatic ring is 1. The minimum absolute atomic E-state index is 0.0290. The van der Waals surface area contributed by atoms with Crippen molar-refractivity contribution in [3.8, 4) is 0 Å². The van der Waals surface area contributed by atoms with Gasteiger partial charge < -0.3 is 20.3 Å². The molecule has 2 N–H and O–H groups in total. The van der Waals surface area contributed by atoms with Gasteiger partial charge in [0.05, 0.1) is 6.10 Å². The Morgan fingerprint density at radius 2 is 2.04 bits per heavy atom. The summed E-state index contributed by atoms with van der Waals surface area (Å²) in [5.74, 6) is 0.0290. The molecule has 27 heavy (non-hydrogen) atoms. The van der Waals surface area contributed by atoms with Gasteiger partial charge in [-0.2, -0.15) is 0 Å². The Bertz CT molecular complexity index is 798. The summed E-state index contributed by atoms with van der Waals surface area (Å²) in [6.45, 7) is 3.88. The second kappa shape index (κ2) is 8.44. The van der Waals surface area contributed by atoms with E-state index < -0.39 is 0 Å². The molecular weight excluding hydrogens is 338 g/mol. The number of benzene rings is 2. The summed E-state index contributed by atoms with van der Waals surface area (Å²) in [6, 6.07) is 13.6. The number of hydrogen-bond acceptors (Lipinski definition) is 4. The molecule has 1 atom stereocenters. The number of aryl methyl sites for hydroxylation is 1. The molecule has 0 aliphatic carbocycles. The van der Waals surface area contributed by atoms with Gasteiger partial charge in [-0.25, -0.2) is 0 Å². The minimum atomic E-state index is 0.0290. The van der Waals surface area contributed by atoms with E-state index in [0.717, 1.165) is 36.3 Å². The van der Waals surface area contributed by atoms with Gasteiger partial charge in [-0.05, 0) is 55.7 Å². The first-order valence-corrected chi connectivity index (χ1v) is 9.47. The van der Waals surface area contributed by atoms with E-state index in [1.165, 1.54) is 0 Å². The second-order valence-corrected chi connectivity index (χ2v) is 7.47. The van der Waals surface area contributed by atoms with Crippen LogP contribution in [-0.2, 0) is 11.3 Å². The van der Waals surface area contributed by atoms with Crippen molar-refractivity contribution in [3.05, 3.63) is 59.2 Å². The van der Waals surface area contributed by atoms with E-state index in [9.17, 15) is 4.79 Å². The molecule has 0 radical (unpaired) electrons. The second-order valence-electron chi connectivity index (χ2n) is 7.47. The van der Waals surface area contributed by atoms with E-state index in [2.05, 4.69) is 4.90 Å². The molecule has 1 heterocycles. The molecule has 2 aromatic carbocycles. The lowest BCUT2D eigenvalue weighted by Crippen LogP contribution is -2.37. The number of nitrogens with zero attached hydrogens (tertiary/aromatic N) is 2. The van der Waals surface area contributed by atoms with Gasteiger partial charge >= 0.3 is 0 Å². The summed E-state index contributed by atoms with van der Waals surface area (Å²) in [6.07, 6.45) is 2.15. The Hall–Kier alpha value is -2.53. The Morgan fingerprint density at radius 3 is 2.70 bits per heavy atom. The van der Waals surface area contributed by atoms with Gasteiger partial charge in [0.15, 0.2) is 0 Å². The van der Waals surface area contributed by atoms with Crippen molar-refractivity contribution in [1.82, 2.24) is 4.90 Å². The van der Waals surface area contributed by atoms with Crippen molar-refractivity contribution in [2.45, 2.75) is 32.4 Å². The zero-order chi connectivity index (χ0) is 19.4. The third kappa shape index (κ3) is 4.80. The van der Waals surface area contributed by atoms with Crippen LogP contribution in [-0.4, -0.2) is 44.2 Å². The van der Waals surface area contributed by atoms with Crippen molar-refractivity contribution >= 4 is 17.3 Å². The first kappa shape index (κ1) is 19.2. The fourth-order valence-corrected chi connectivity index (χ4v) is 3.59. The van der Waals surface area contributed by atoms with Gasteiger partial charge in [0, 0.05) is 50.7 Å². The van der Waals surface area contributed by atoms with E-state index in [0.29, 0.717) is 24.3 Å². The highest BCUT2D eigenvalue weighted by Gasteiger charge is 2.24. The van der Waals surface area contributed by atoms with Crippen molar-refractivity contribution < 1.29 is 9.53 Å². The normalized spacial score (nSPS) is 16.3. The van der Waals surface area contributed by atoms with Crippen LogP contribution in [0.4, 0.5) is 11.4 Å². The SMILES string of the molecule is Cc1cccc(C(=O)N(Cc2cc(N)ccc2N(C)C)C[C@H]2CCCO2)c1. The highest BCUT2D eigenvalue weighted by molar-refractivity contribution is 5.94. The van der Waals surface area contributed by atoms with Crippen LogP contribution in [0.15, 0.2) is 42.5 Å². The number of nitrogens with two attached hydrogens (primary N) is 1. The number of amides is 1. The molecule has 0 aromatic heterocycles. The lowest BCUT2D eigenvalue weighted by molar-refractivity contribution is 0.0507. The fourth-order valence-electron chi connectivity index (χ4n) is 3.59. The summed E-state index contributed by atoms with van der Waals surface area (Å²) in [4.78, 5) is 17.2. The Kier molecular flexibility index (Phi) is 6.01. The lowest BCUT2D eigenvalue weighted by atomic mass is 10.1. The monoisotopic (exact) mass is 367 g/mol. The quantitative estimate of drug-likeness (QED) is 0.795. The Morgan fingerprint density at radius 1 is 1.22 bits per heavy atom. The molecular formula is C22H29N3O2. The first-order valence-electron chi connectivity index (χ1n) is 9.47. The zero-order valence-corrected chi connectivity index (χ0v) is 16.4. The largest absolute Gasteiger partial charge is 0.399 e. The summed E-state index contributed by atoms with van der Waals surface area (Å²) in [7, 11) is 4.00. The van der Waals surface area contributed by atoms with Crippen molar-refractivity contribution in [3.63, 3.8) is 0 Å². The Balaban J connectivity index is 1.90. The lowest BCUT2D eigenvalue weighted by Gasteiger charge is -2.28. The molecule has 1 aliphatic rings. The molecule has 1 fully saturated rings. The molecule has 0 spiro atoms. The fraction of sp³-hybridized carbons (Fsp3) is 0.409. The third-order valence-electron chi connectivity index (χ3n) is 4.95. The molecule has 5 nitrogen and oxygen atoms in total. The maximum absolute atomic E-state index is 13.3. The molecule has 144 valence electrons. The average Bonchev–Trinajstić information content (AvgIpc) is 3.13. The predicted octanol–water partition coefficient (Wildman–Crippen LogP) is 3.46. The van der Waals surface area contributed by atoms with E-state index in [1.54, 1.807) is 0 Å². The molecule has 2 aromatic rings. The van der Waals surface area contributed by atoms with E-state index in [-0.39, 0.29) is 12.0 Å². The highest BCUT2D eigenvalue weighted by Crippen LogP contribution is 2.25. The zero-order valence-electron chi connectivity index (χ0n) is 16.4. The van der Waals surface area contributed by atoms with Crippen LogP contribution >= 0.6 is 0 Å². The number of carbonyl (C=O) groups excluding carboxylic acids is 1. The van der Waals surface area contributed by atoms with Crippen LogP contribution in [0.5, 0.6) is 0 Å². The van der Waals surface area contributed by atoms with Crippen LogP contribution in [0.25, 0.3) is 0 Å². The van der Waals surface area contributed by atoms with Crippen LogP contribution in [0.3, 0.4) is 0 Å². The van der Waals surface area contributed by atoms with Crippen LogP contribution in [0.2, 0.25) is 0 Å². The van der Waals surface area contributed by atoms with E-state index in [4.69, 9.17) is 10.5 Å². The van der Waals surface area contributed by atoms with Crippen LogP contribution in [0.1, 0.15) is 34.3 Å². The van der Waals surface area contributed by atoms with E-state index >= 15 is 0 Å². The van der Waals surface area contributed by atoms with Gasteiger partial charge in [-0.1, -0.05) is 17.7 Å². The minimum Gasteiger partial charge on any atom is -0.399 e. The molecule has 0 unspecified atom stereocenters.